The van der Waals surface area contributed by atoms with Gasteiger partial charge < -0.3 is 14.9 Å². The molecule has 0 aliphatic rings. The fraction of sp³-hybridized carbons (Fsp3) is 0.167. The second-order valence-corrected chi connectivity index (χ2v) is 7.59. The van der Waals surface area contributed by atoms with Gasteiger partial charge in [0.05, 0.1) is 12.9 Å². The van der Waals surface area contributed by atoms with Crippen LogP contribution in [0.3, 0.4) is 0 Å². The minimum absolute atomic E-state index is 0.346. The van der Waals surface area contributed by atoms with Gasteiger partial charge in [0.15, 0.2) is 0 Å². The fourth-order valence-electron chi connectivity index (χ4n) is 2.74. The SMILES string of the molecule is O=[N+]([O-])O.OC(Cc1ccccc1Cl)(Cn1ccnc1)c1ccc(Cl)cc1Br. The summed E-state index contributed by atoms with van der Waals surface area (Å²) in [7, 11) is 0. The molecule has 3 rings (SSSR count). The number of benzene rings is 2. The molecule has 2 N–H and O–H groups in total. The largest absolute Gasteiger partial charge is 0.383 e. The van der Waals surface area contributed by atoms with Gasteiger partial charge in [-0.2, -0.15) is 0 Å². The van der Waals surface area contributed by atoms with Crippen molar-refractivity contribution >= 4 is 39.1 Å². The van der Waals surface area contributed by atoms with Crippen LogP contribution in [0.15, 0.2) is 65.7 Å². The highest BCUT2D eigenvalue weighted by Gasteiger charge is 2.33. The van der Waals surface area contributed by atoms with Crippen LogP contribution in [0, 0.1) is 10.1 Å². The van der Waals surface area contributed by atoms with Crippen LogP contribution < -0.4 is 0 Å². The molecule has 0 amide bonds. The van der Waals surface area contributed by atoms with E-state index in [9.17, 15) is 5.11 Å². The van der Waals surface area contributed by atoms with E-state index in [-0.39, 0.29) is 0 Å². The summed E-state index contributed by atoms with van der Waals surface area (Å²) in [6.07, 6.45) is 5.56. The number of rotatable bonds is 5. The third-order valence-corrected chi connectivity index (χ3v) is 5.14. The Morgan fingerprint density at radius 1 is 1.25 bits per heavy atom. The Balaban J connectivity index is 0.000000640. The lowest BCUT2D eigenvalue weighted by molar-refractivity contribution is -0.742. The van der Waals surface area contributed by atoms with Gasteiger partial charge in [-0.1, -0.05) is 63.4 Å². The van der Waals surface area contributed by atoms with Gasteiger partial charge in [0.2, 0.25) is 0 Å². The van der Waals surface area contributed by atoms with Crippen LogP contribution in [-0.2, 0) is 18.6 Å². The molecule has 10 heteroatoms. The van der Waals surface area contributed by atoms with E-state index in [1.165, 1.54) is 0 Å². The molecule has 0 bridgehead atoms. The molecule has 7 nitrogen and oxygen atoms in total. The Morgan fingerprint density at radius 2 is 1.93 bits per heavy atom. The Hall–Kier alpha value is -2.13. The van der Waals surface area contributed by atoms with Gasteiger partial charge in [-0.25, -0.2) is 4.98 Å². The number of nitrogens with zero attached hydrogens (tertiary/aromatic N) is 3. The van der Waals surface area contributed by atoms with E-state index in [1.54, 1.807) is 24.7 Å². The zero-order valence-corrected chi connectivity index (χ0v) is 17.5. The lowest BCUT2D eigenvalue weighted by Gasteiger charge is -2.30. The normalized spacial score (nSPS) is 12.6. The van der Waals surface area contributed by atoms with Crippen molar-refractivity contribution in [2.24, 2.45) is 0 Å². The quantitative estimate of drug-likeness (QED) is 0.399. The molecular weight excluding hydrogens is 473 g/mol. The van der Waals surface area contributed by atoms with E-state index in [1.807, 2.05) is 41.1 Å². The van der Waals surface area contributed by atoms with Crippen molar-refractivity contribution in [3.8, 4) is 0 Å². The maximum absolute atomic E-state index is 11.5. The van der Waals surface area contributed by atoms with Crippen LogP contribution in [0.1, 0.15) is 11.1 Å². The summed E-state index contributed by atoms with van der Waals surface area (Å²) in [5.41, 5.74) is 0.457. The van der Waals surface area contributed by atoms with E-state index in [0.29, 0.717) is 23.0 Å². The molecule has 1 heterocycles. The van der Waals surface area contributed by atoms with Gasteiger partial charge in [0.25, 0.3) is 5.09 Å². The van der Waals surface area contributed by atoms with Gasteiger partial charge in [0, 0.05) is 33.3 Å². The van der Waals surface area contributed by atoms with Crippen LogP contribution in [0.25, 0.3) is 0 Å². The summed E-state index contributed by atoms with van der Waals surface area (Å²) >= 11 is 15.9. The van der Waals surface area contributed by atoms with Gasteiger partial charge in [-0.15, -0.1) is 10.1 Å². The van der Waals surface area contributed by atoms with Gasteiger partial charge >= 0.3 is 0 Å². The van der Waals surface area contributed by atoms with E-state index >= 15 is 0 Å². The van der Waals surface area contributed by atoms with Crippen LogP contribution in [0.5, 0.6) is 0 Å². The number of hydrogen-bond acceptors (Lipinski definition) is 4. The minimum atomic E-state index is -1.50. The van der Waals surface area contributed by atoms with Crippen molar-refractivity contribution in [2.75, 3.05) is 0 Å². The lowest BCUT2D eigenvalue weighted by atomic mass is 9.87. The molecule has 3 aromatic rings. The molecule has 1 unspecified atom stereocenters. The van der Waals surface area contributed by atoms with E-state index in [0.717, 1.165) is 15.6 Å². The summed E-state index contributed by atoms with van der Waals surface area (Å²) in [5, 5.41) is 26.4. The van der Waals surface area contributed by atoms with Crippen molar-refractivity contribution in [2.45, 2.75) is 18.6 Å². The molecule has 0 fully saturated rings. The Labute approximate surface area is 179 Å². The molecule has 0 spiro atoms. The monoisotopic (exact) mass is 487 g/mol. The lowest BCUT2D eigenvalue weighted by Crippen LogP contribution is -2.34. The van der Waals surface area contributed by atoms with Crippen molar-refractivity contribution < 1.29 is 15.4 Å². The van der Waals surface area contributed by atoms with Crippen LogP contribution in [-0.4, -0.2) is 25.0 Å². The van der Waals surface area contributed by atoms with Crippen molar-refractivity contribution in [3.05, 3.63) is 96.9 Å². The first-order chi connectivity index (χ1) is 13.2. The maximum Gasteiger partial charge on any atom is 0.291 e. The van der Waals surface area contributed by atoms with E-state index < -0.39 is 10.7 Å². The average Bonchev–Trinajstić information content (AvgIpc) is 3.09. The highest BCUT2D eigenvalue weighted by Crippen LogP contribution is 2.36. The Bertz CT molecular complexity index is 936. The van der Waals surface area contributed by atoms with Crippen LogP contribution in [0.4, 0.5) is 0 Å². The predicted molar refractivity (Wildman–Crippen MR) is 109 cm³/mol. The third-order valence-electron chi connectivity index (χ3n) is 3.88. The highest BCUT2D eigenvalue weighted by atomic mass is 79.9. The summed E-state index contributed by atoms with van der Waals surface area (Å²) in [6, 6.07) is 12.9. The van der Waals surface area contributed by atoms with Crippen molar-refractivity contribution in [3.63, 3.8) is 0 Å². The van der Waals surface area contributed by atoms with E-state index in [4.69, 9.17) is 38.5 Å². The van der Waals surface area contributed by atoms with Crippen LogP contribution in [0.2, 0.25) is 10.0 Å². The predicted octanol–water partition coefficient (Wildman–Crippen LogP) is 4.74. The topological polar surface area (TPSA) is 101 Å². The zero-order valence-electron chi connectivity index (χ0n) is 14.4. The molecular formula is C18H16BrCl2N3O4. The molecule has 1 atom stereocenters. The van der Waals surface area contributed by atoms with Gasteiger partial charge in [-0.05, 0) is 29.3 Å². The Kier molecular flexibility index (Phi) is 7.82. The molecule has 0 radical (unpaired) electrons. The molecule has 0 saturated carbocycles. The Morgan fingerprint density at radius 3 is 2.50 bits per heavy atom. The summed E-state index contributed by atoms with van der Waals surface area (Å²) < 4.78 is 2.60. The molecule has 0 saturated heterocycles. The zero-order chi connectivity index (χ0) is 20.7. The summed E-state index contributed by atoms with van der Waals surface area (Å²) in [6.45, 7) is 0.346. The van der Waals surface area contributed by atoms with Crippen molar-refractivity contribution in [1.82, 2.24) is 9.55 Å². The average molecular weight is 489 g/mol. The number of aromatic nitrogens is 2. The maximum atomic E-state index is 11.5. The molecule has 1 aromatic heterocycles. The smallest absolute Gasteiger partial charge is 0.291 e. The molecule has 0 aliphatic carbocycles. The van der Waals surface area contributed by atoms with Crippen molar-refractivity contribution in [1.29, 1.82) is 0 Å². The molecule has 0 aliphatic heterocycles. The molecule has 28 heavy (non-hydrogen) atoms. The summed E-state index contributed by atoms with van der Waals surface area (Å²) in [4.78, 5) is 12.4. The van der Waals surface area contributed by atoms with E-state index in [2.05, 4.69) is 20.9 Å². The standard InChI is InChI=1S/C18H15BrCl2N2O.HNO3/c19-16-9-14(20)5-6-15(16)18(24,11-23-8-7-22-12-23)10-13-3-1-2-4-17(13)21;2-1(3)4/h1-9,12,24H,10-11H2;(H,2,3,4). The second-order valence-electron chi connectivity index (χ2n) is 5.90. The molecule has 2 aromatic carbocycles. The highest BCUT2D eigenvalue weighted by molar-refractivity contribution is 9.10. The van der Waals surface area contributed by atoms with Gasteiger partial charge in [0.1, 0.15) is 5.60 Å². The first-order valence-electron chi connectivity index (χ1n) is 7.91. The molecule has 148 valence electrons. The fourth-order valence-corrected chi connectivity index (χ4v) is 4.00. The minimum Gasteiger partial charge on any atom is -0.383 e. The summed E-state index contributed by atoms with van der Waals surface area (Å²) in [5.74, 6) is 0. The number of halogens is 3. The number of imidazole rings is 1. The number of aliphatic hydroxyl groups is 1. The first-order valence-corrected chi connectivity index (χ1v) is 9.46. The van der Waals surface area contributed by atoms with Crippen LogP contribution >= 0.6 is 39.1 Å². The second kappa shape index (κ2) is 9.88. The third kappa shape index (κ3) is 6.20. The first kappa shape index (κ1) is 22.2. The number of hydrogen-bond donors (Lipinski definition) is 2. The van der Waals surface area contributed by atoms with Gasteiger partial charge in [-0.3, -0.25) is 0 Å².